The fourth-order valence-electron chi connectivity index (χ4n) is 4.29. The van der Waals surface area contributed by atoms with Crippen LogP contribution in [0.3, 0.4) is 0 Å². The zero-order chi connectivity index (χ0) is 23.4. The number of carbonyl (C=O) groups excluding carboxylic acids is 1. The number of carbonyl (C=O) groups is 1. The van der Waals surface area contributed by atoms with E-state index < -0.39 is 0 Å². The molecule has 4 heterocycles. The minimum Gasteiger partial charge on any atom is -0.492 e. The highest BCUT2D eigenvalue weighted by atomic mass is 16.5. The summed E-state index contributed by atoms with van der Waals surface area (Å²) in [6.07, 6.45) is 6.80. The third-order valence-electron chi connectivity index (χ3n) is 5.87. The van der Waals surface area contributed by atoms with Gasteiger partial charge in [0.15, 0.2) is 0 Å². The molecule has 3 aromatic rings. The summed E-state index contributed by atoms with van der Waals surface area (Å²) in [5, 5.41) is 16.9. The van der Waals surface area contributed by atoms with Gasteiger partial charge >= 0.3 is 0 Å². The molecule has 0 bridgehead atoms. The van der Waals surface area contributed by atoms with Gasteiger partial charge in [-0.2, -0.15) is 10.4 Å². The molecule has 4 rings (SSSR count). The fraction of sp³-hybridized carbons (Fsp3) is 0.440. The van der Waals surface area contributed by atoms with Crippen LogP contribution < -0.4 is 15.0 Å². The minimum atomic E-state index is 0.128. The first-order valence-electron chi connectivity index (χ1n) is 11.5. The number of pyridine rings is 2. The van der Waals surface area contributed by atoms with Crippen LogP contribution in [0.4, 0.5) is 5.82 Å². The number of aromatic nitrogens is 3. The maximum atomic E-state index is 11.9. The molecule has 0 spiro atoms. The Morgan fingerprint density at radius 2 is 2.21 bits per heavy atom. The third-order valence-corrected chi connectivity index (χ3v) is 5.87. The molecule has 1 saturated heterocycles. The van der Waals surface area contributed by atoms with Gasteiger partial charge in [0.25, 0.3) is 0 Å². The van der Waals surface area contributed by atoms with Crippen molar-refractivity contribution >= 4 is 17.2 Å². The molecule has 3 aromatic heterocycles. The molecule has 1 N–H and O–H groups in total. The van der Waals surface area contributed by atoms with Crippen molar-refractivity contribution in [2.45, 2.75) is 33.6 Å². The Hall–Kier alpha value is -3.60. The summed E-state index contributed by atoms with van der Waals surface area (Å²) in [7, 11) is 0. The van der Waals surface area contributed by atoms with E-state index in [9.17, 15) is 10.1 Å². The SMILES string of the molecule is CCOc1cc(-c2ccc(N3CC[C@H](CNC(=O)CC(C)C)C3)nc2)c2c(C#N)cnn2c1. The molecule has 1 atom stereocenters. The summed E-state index contributed by atoms with van der Waals surface area (Å²) in [6, 6.07) is 8.20. The highest BCUT2D eigenvalue weighted by molar-refractivity contribution is 5.85. The summed E-state index contributed by atoms with van der Waals surface area (Å²) < 4.78 is 7.38. The number of nitrogens with zero attached hydrogens (tertiary/aromatic N) is 5. The molecule has 1 aliphatic rings. The van der Waals surface area contributed by atoms with E-state index in [-0.39, 0.29) is 5.91 Å². The zero-order valence-corrected chi connectivity index (χ0v) is 19.4. The number of hydrogen-bond donors (Lipinski definition) is 1. The molecule has 1 aliphatic heterocycles. The van der Waals surface area contributed by atoms with E-state index in [4.69, 9.17) is 9.72 Å². The smallest absolute Gasteiger partial charge is 0.220 e. The van der Waals surface area contributed by atoms with Crippen LogP contribution in [0.25, 0.3) is 16.6 Å². The standard InChI is InChI=1S/C25H30N6O2/c1-4-33-21-10-22(25-20(11-26)14-29-31(25)16-21)19-5-6-23(27-13-19)30-8-7-18(15-30)12-28-24(32)9-17(2)3/h5-6,10,13-14,16-18H,4,7-9,12,15H2,1-3H3,(H,28,32)/t18-/m1/s1. The van der Waals surface area contributed by atoms with Gasteiger partial charge in [0, 0.05) is 43.4 Å². The second-order valence-corrected chi connectivity index (χ2v) is 8.89. The Labute approximate surface area is 194 Å². The molecule has 0 radical (unpaired) electrons. The van der Waals surface area contributed by atoms with Gasteiger partial charge in [-0.25, -0.2) is 9.50 Å². The lowest BCUT2D eigenvalue weighted by molar-refractivity contribution is -0.121. The maximum Gasteiger partial charge on any atom is 0.220 e. The summed E-state index contributed by atoms with van der Waals surface area (Å²) in [6.45, 7) is 9.09. The van der Waals surface area contributed by atoms with Gasteiger partial charge in [-0.05, 0) is 43.4 Å². The van der Waals surface area contributed by atoms with E-state index in [2.05, 4.69) is 35.2 Å². The maximum absolute atomic E-state index is 11.9. The normalized spacial score (nSPS) is 15.7. The average molecular weight is 447 g/mol. The van der Waals surface area contributed by atoms with Crippen LogP contribution in [0.15, 0.2) is 36.8 Å². The topological polar surface area (TPSA) is 95.5 Å². The van der Waals surface area contributed by atoms with E-state index in [1.165, 1.54) is 0 Å². The lowest BCUT2D eigenvalue weighted by Crippen LogP contribution is -2.31. The van der Waals surface area contributed by atoms with Crippen LogP contribution >= 0.6 is 0 Å². The summed E-state index contributed by atoms with van der Waals surface area (Å²) in [4.78, 5) is 18.9. The van der Waals surface area contributed by atoms with Crippen molar-refractivity contribution in [2.75, 3.05) is 31.1 Å². The van der Waals surface area contributed by atoms with Crippen LogP contribution in [-0.2, 0) is 4.79 Å². The number of rotatable bonds is 8. The lowest BCUT2D eigenvalue weighted by atomic mass is 10.1. The van der Waals surface area contributed by atoms with E-state index in [0.717, 1.165) is 42.0 Å². The first-order chi connectivity index (χ1) is 16.0. The Morgan fingerprint density at radius 3 is 2.91 bits per heavy atom. The molecule has 0 saturated carbocycles. The van der Waals surface area contributed by atoms with Gasteiger partial charge in [-0.3, -0.25) is 4.79 Å². The van der Waals surface area contributed by atoms with E-state index >= 15 is 0 Å². The highest BCUT2D eigenvalue weighted by Gasteiger charge is 2.24. The van der Waals surface area contributed by atoms with Gasteiger partial charge in [0.2, 0.25) is 5.91 Å². The second kappa shape index (κ2) is 9.90. The molecule has 8 heteroatoms. The number of amides is 1. The fourth-order valence-corrected chi connectivity index (χ4v) is 4.29. The van der Waals surface area contributed by atoms with E-state index in [1.807, 2.05) is 31.3 Å². The first kappa shape index (κ1) is 22.6. The minimum absolute atomic E-state index is 0.128. The number of ether oxygens (including phenoxy) is 1. The average Bonchev–Trinajstić information content (AvgIpc) is 3.44. The zero-order valence-electron chi connectivity index (χ0n) is 19.4. The predicted octanol–water partition coefficient (Wildman–Crippen LogP) is 3.66. The predicted molar refractivity (Wildman–Crippen MR) is 127 cm³/mol. The summed E-state index contributed by atoms with van der Waals surface area (Å²) in [5.41, 5.74) is 3.02. The molecule has 0 aromatic carbocycles. The largest absolute Gasteiger partial charge is 0.492 e. The Kier molecular flexibility index (Phi) is 6.78. The first-order valence-corrected chi connectivity index (χ1v) is 11.5. The molecule has 1 fully saturated rings. The number of hydrogen-bond acceptors (Lipinski definition) is 6. The highest BCUT2D eigenvalue weighted by Crippen LogP contribution is 2.32. The van der Waals surface area contributed by atoms with Crippen molar-refractivity contribution in [1.29, 1.82) is 5.26 Å². The van der Waals surface area contributed by atoms with Crippen LogP contribution in [0.2, 0.25) is 0 Å². The quantitative estimate of drug-likeness (QED) is 0.567. The van der Waals surface area contributed by atoms with Crippen molar-refractivity contribution in [2.24, 2.45) is 11.8 Å². The Morgan fingerprint density at radius 1 is 1.36 bits per heavy atom. The van der Waals surface area contributed by atoms with Crippen molar-refractivity contribution in [3.63, 3.8) is 0 Å². The van der Waals surface area contributed by atoms with Gasteiger partial charge in [-0.15, -0.1) is 0 Å². The number of anilines is 1. The lowest BCUT2D eigenvalue weighted by Gasteiger charge is -2.18. The molecule has 33 heavy (non-hydrogen) atoms. The van der Waals surface area contributed by atoms with Gasteiger partial charge in [-0.1, -0.05) is 13.8 Å². The van der Waals surface area contributed by atoms with Crippen LogP contribution in [0.5, 0.6) is 5.75 Å². The van der Waals surface area contributed by atoms with Crippen LogP contribution in [-0.4, -0.2) is 46.7 Å². The summed E-state index contributed by atoms with van der Waals surface area (Å²) in [5.74, 6) is 2.53. The van der Waals surface area contributed by atoms with E-state index in [1.54, 1.807) is 16.9 Å². The Balaban J connectivity index is 1.49. The van der Waals surface area contributed by atoms with Crippen molar-refractivity contribution in [3.05, 3.63) is 42.4 Å². The molecule has 0 aliphatic carbocycles. The monoisotopic (exact) mass is 446 g/mol. The molecule has 172 valence electrons. The van der Waals surface area contributed by atoms with Gasteiger partial charge in [0.1, 0.15) is 17.6 Å². The van der Waals surface area contributed by atoms with Gasteiger partial charge in [0.05, 0.1) is 30.1 Å². The van der Waals surface area contributed by atoms with Crippen molar-refractivity contribution in [3.8, 4) is 22.9 Å². The van der Waals surface area contributed by atoms with Crippen molar-refractivity contribution in [1.82, 2.24) is 19.9 Å². The van der Waals surface area contributed by atoms with Crippen LogP contribution in [0.1, 0.15) is 39.2 Å². The third kappa shape index (κ3) is 5.08. The second-order valence-electron chi connectivity index (χ2n) is 8.89. The van der Waals surface area contributed by atoms with Crippen LogP contribution in [0, 0.1) is 23.2 Å². The molecular formula is C25H30N6O2. The molecule has 8 nitrogen and oxygen atoms in total. The number of nitrogens with one attached hydrogen (secondary N) is 1. The van der Waals surface area contributed by atoms with E-state index in [0.29, 0.717) is 42.7 Å². The molecule has 0 unspecified atom stereocenters. The van der Waals surface area contributed by atoms with Crippen molar-refractivity contribution < 1.29 is 9.53 Å². The number of nitriles is 1. The Bertz CT molecular complexity index is 1160. The number of fused-ring (bicyclic) bond motifs is 1. The molecule has 1 amide bonds. The molecular weight excluding hydrogens is 416 g/mol. The van der Waals surface area contributed by atoms with Gasteiger partial charge < -0.3 is 15.0 Å². The summed E-state index contributed by atoms with van der Waals surface area (Å²) >= 11 is 0.